The lowest BCUT2D eigenvalue weighted by molar-refractivity contribution is -0.144. The molecule has 0 aromatic rings. The minimum atomic E-state index is -0.489. The second-order valence-electron chi connectivity index (χ2n) is 3.76. The third-order valence-electron chi connectivity index (χ3n) is 2.17. The van der Waals surface area contributed by atoms with Gasteiger partial charge in [-0.05, 0) is 26.7 Å². The maximum Gasteiger partial charge on any atom is 0.322 e. The second kappa shape index (κ2) is 9.15. The molecular formula is C11H23N3O2. The van der Waals surface area contributed by atoms with Crippen LogP contribution in [0.4, 0.5) is 0 Å². The van der Waals surface area contributed by atoms with Crippen molar-refractivity contribution in [1.29, 1.82) is 5.41 Å². The topological polar surface area (TPSA) is 88.2 Å². The first kappa shape index (κ1) is 14.9. The van der Waals surface area contributed by atoms with E-state index in [0.717, 1.165) is 25.8 Å². The Balaban J connectivity index is 3.37. The van der Waals surface area contributed by atoms with Crippen LogP contribution in [0.15, 0.2) is 0 Å². The monoisotopic (exact) mass is 229 g/mol. The molecule has 0 heterocycles. The van der Waals surface area contributed by atoms with Crippen LogP contribution in [-0.2, 0) is 9.53 Å². The van der Waals surface area contributed by atoms with Crippen LogP contribution in [0.3, 0.4) is 0 Å². The Morgan fingerprint density at radius 3 is 2.69 bits per heavy atom. The maximum absolute atomic E-state index is 11.2. The Labute approximate surface area is 97.2 Å². The molecule has 5 heteroatoms. The fraction of sp³-hybridized carbons (Fsp3) is 0.818. The summed E-state index contributed by atoms with van der Waals surface area (Å²) in [5, 5.41) is 10.1. The van der Waals surface area contributed by atoms with Crippen molar-refractivity contribution in [2.45, 2.75) is 45.6 Å². The number of esters is 1. The number of hydrogen-bond donors (Lipinski definition) is 3. The molecule has 4 N–H and O–H groups in total. The molecule has 1 unspecified atom stereocenters. The van der Waals surface area contributed by atoms with Gasteiger partial charge in [0.2, 0.25) is 0 Å². The van der Waals surface area contributed by atoms with Crippen LogP contribution in [-0.4, -0.2) is 31.0 Å². The lowest BCUT2D eigenvalue weighted by atomic mass is 10.1. The van der Waals surface area contributed by atoms with Crippen LogP contribution < -0.4 is 11.1 Å². The second-order valence-corrected chi connectivity index (χ2v) is 3.76. The summed E-state index contributed by atoms with van der Waals surface area (Å²) < 4.78 is 4.81. The number of amidine groups is 1. The maximum atomic E-state index is 11.2. The fourth-order valence-corrected chi connectivity index (χ4v) is 1.31. The van der Waals surface area contributed by atoms with E-state index in [1.54, 1.807) is 13.8 Å². The summed E-state index contributed by atoms with van der Waals surface area (Å²) in [6, 6.07) is -0.489. The molecular weight excluding hydrogens is 206 g/mol. The third kappa shape index (κ3) is 8.23. The Hall–Kier alpha value is -1.10. The summed E-state index contributed by atoms with van der Waals surface area (Å²) in [7, 11) is 0. The zero-order chi connectivity index (χ0) is 12.4. The summed E-state index contributed by atoms with van der Waals surface area (Å²) >= 11 is 0. The minimum Gasteiger partial charge on any atom is -0.465 e. The van der Waals surface area contributed by atoms with Gasteiger partial charge in [0.1, 0.15) is 6.04 Å². The Bertz CT molecular complexity index is 219. The van der Waals surface area contributed by atoms with Crippen molar-refractivity contribution in [1.82, 2.24) is 5.32 Å². The highest BCUT2D eigenvalue weighted by molar-refractivity contribution is 5.76. The van der Waals surface area contributed by atoms with Crippen molar-refractivity contribution in [3.63, 3.8) is 0 Å². The molecule has 1 atom stereocenters. The summed E-state index contributed by atoms with van der Waals surface area (Å²) in [5.74, 6) is 0.180. The molecule has 0 aliphatic rings. The van der Waals surface area contributed by atoms with Gasteiger partial charge in [0.15, 0.2) is 0 Å². The summed E-state index contributed by atoms with van der Waals surface area (Å²) in [5.41, 5.74) is 5.64. The lowest BCUT2D eigenvalue weighted by Gasteiger charge is -2.10. The van der Waals surface area contributed by atoms with Crippen LogP contribution in [0, 0.1) is 5.41 Å². The predicted octanol–water partition coefficient (Wildman–Crippen LogP) is 1.02. The summed E-state index contributed by atoms with van der Waals surface area (Å²) in [4.78, 5) is 11.2. The molecule has 0 aromatic carbocycles. The molecule has 0 bridgehead atoms. The van der Waals surface area contributed by atoms with Gasteiger partial charge in [-0.1, -0.05) is 12.8 Å². The van der Waals surface area contributed by atoms with Crippen molar-refractivity contribution in [3.8, 4) is 0 Å². The number of unbranched alkanes of at least 4 members (excludes halogenated alkanes) is 2. The molecule has 0 rings (SSSR count). The van der Waals surface area contributed by atoms with Gasteiger partial charge in [0.05, 0.1) is 12.4 Å². The van der Waals surface area contributed by atoms with Crippen molar-refractivity contribution >= 4 is 11.8 Å². The predicted molar refractivity (Wildman–Crippen MR) is 64.5 cm³/mol. The molecule has 0 aromatic heterocycles. The van der Waals surface area contributed by atoms with E-state index in [1.807, 2.05) is 0 Å². The molecule has 0 spiro atoms. The molecule has 16 heavy (non-hydrogen) atoms. The van der Waals surface area contributed by atoms with Gasteiger partial charge in [-0.3, -0.25) is 10.2 Å². The SMILES string of the molecule is CCOC(=O)C(N)CCCCCNC(C)=N. The quantitative estimate of drug-likeness (QED) is 0.251. The molecule has 0 aliphatic carbocycles. The number of nitrogens with one attached hydrogen (secondary N) is 2. The molecule has 0 fully saturated rings. The van der Waals surface area contributed by atoms with Gasteiger partial charge in [-0.25, -0.2) is 0 Å². The first-order valence-electron chi connectivity index (χ1n) is 5.79. The van der Waals surface area contributed by atoms with Crippen LogP contribution in [0.25, 0.3) is 0 Å². The molecule has 0 saturated heterocycles. The van der Waals surface area contributed by atoms with Crippen molar-refractivity contribution in [2.75, 3.05) is 13.2 Å². The van der Waals surface area contributed by atoms with Gasteiger partial charge < -0.3 is 15.8 Å². The average Bonchev–Trinajstić information content (AvgIpc) is 2.22. The number of ether oxygens (including phenoxy) is 1. The van der Waals surface area contributed by atoms with Crippen LogP contribution in [0.1, 0.15) is 39.5 Å². The van der Waals surface area contributed by atoms with E-state index in [4.69, 9.17) is 15.9 Å². The normalized spacial score (nSPS) is 11.9. The number of nitrogens with two attached hydrogens (primary N) is 1. The number of hydrogen-bond acceptors (Lipinski definition) is 4. The largest absolute Gasteiger partial charge is 0.465 e. The first-order chi connectivity index (χ1) is 7.57. The van der Waals surface area contributed by atoms with E-state index in [1.165, 1.54) is 0 Å². The number of rotatable bonds is 8. The molecule has 0 radical (unpaired) electrons. The smallest absolute Gasteiger partial charge is 0.322 e. The van der Waals surface area contributed by atoms with Gasteiger partial charge in [0, 0.05) is 6.54 Å². The number of carbonyl (C=O) groups excluding carboxylic acids is 1. The minimum absolute atomic E-state index is 0.309. The molecule has 0 aliphatic heterocycles. The van der Waals surface area contributed by atoms with E-state index in [2.05, 4.69) is 5.32 Å². The molecule has 5 nitrogen and oxygen atoms in total. The zero-order valence-corrected chi connectivity index (χ0v) is 10.2. The van der Waals surface area contributed by atoms with Gasteiger partial charge in [-0.15, -0.1) is 0 Å². The highest BCUT2D eigenvalue weighted by Crippen LogP contribution is 2.03. The molecule has 0 amide bonds. The lowest BCUT2D eigenvalue weighted by Crippen LogP contribution is -2.32. The van der Waals surface area contributed by atoms with Crippen LogP contribution in [0.5, 0.6) is 0 Å². The van der Waals surface area contributed by atoms with E-state index in [0.29, 0.717) is 18.9 Å². The Morgan fingerprint density at radius 2 is 2.12 bits per heavy atom. The van der Waals surface area contributed by atoms with Crippen molar-refractivity contribution in [3.05, 3.63) is 0 Å². The Kier molecular flexibility index (Phi) is 8.52. The van der Waals surface area contributed by atoms with Crippen LogP contribution >= 0.6 is 0 Å². The summed E-state index contributed by atoms with van der Waals surface area (Å²) in [6.07, 6.45) is 3.58. The van der Waals surface area contributed by atoms with Gasteiger partial charge in [0.25, 0.3) is 0 Å². The van der Waals surface area contributed by atoms with Crippen molar-refractivity contribution < 1.29 is 9.53 Å². The highest BCUT2D eigenvalue weighted by Gasteiger charge is 2.13. The summed E-state index contributed by atoms with van der Waals surface area (Å²) in [6.45, 7) is 4.69. The molecule has 0 saturated carbocycles. The fourth-order valence-electron chi connectivity index (χ4n) is 1.31. The zero-order valence-electron chi connectivity index (χ0n) is 10.2. The molecule has 94 valence electrons. The van der Waals surface area contributed by atoms with E-state index < -0.39 is 6.04 Å². The highest BCUT2D eigenvalue weighted by atomic mass is 16.5. The Morgan fingerprint density at radius 1 is 1.44 bits per heavy atom. The van der Waals surface area contributed by atoms with E-state index in [9.17, 15) is 4.79 Å². The standard InChI is InChI=1S/C11H23N3O2/c1-3-16-11(15)10(13)7-5-4-6-8-14-9(2)12/h10H,3-8,13H2,1-2H3,(H2,12,14). The number of carbonyl (C=O) groups is 1. The average molecular weight is 229 g/mol. The first-order valence-corrected chi connectivity index (χ1v) is 5.79. The third-order valence-corrected chi connectivity index (χ3v) is 2.17. The van der Waals surface area contributed by atoms with E-state index >= 15 is 0 Å². The van der Waals surface area contributed by atoms with Gasteiger partial charge >= 0.3 is 5.97 Å². The van der Waals surface area contributed by atoms with Crippen LogP contribution in [0.2, 0.25) is 0 Å². The van der Waals surface area contributed by atoms with Gasteiger partial charge in [-0.2, -0.15) is 0 Å². The van der Waals surface area contributed by atoms with Crippen molar-refractivity contribution in [2.24, 2.45) is 5.73 Å². The van der Waals surface area contributed by atoms with E-state index in [-0.39, 0.29) is 5.97 Å².